The maximum absolute atomic E-state index is 13.1. The molecule has 8 heteroatoms. The molecule has 4 rings (SSSR count). The summed E-state index contributed by atoms with van der Waals surface area (Å²) in [5.74, 6) is -2.56. The van der Waals surface area contributed by atoms with Crippen molar-refractivity contribution in [2.75, 3.05) is 20.8 Å². The van der Waals surface area contributed by atoms with Gasteiger partial charge in [-0.05, 0) is 25.3 Å². The smallest absolute Gasteiger partial charge is 0.202 e. The van der Waals surface area contributed by atoms with Gasteiger partial charge in [0.1, 0.15) is 23.9 Å². The number of benzene rings is 2. The number of rotatable bonds is 3. The van der Waals surface area contributed by atoms with E-state index in [0.29, 0.717) is 12.0 Å². The largest absolute Gasteiger partial charge is 0.507 e. The lowest BCUT2D eigenvalue weighted by Crippen LogP contribution is -2.28. The normalized spacial score (nSPS) is 15.8. The highest BCUT2D eigenvalue weighted by Gasteiger charge is 2.40. The Labute approximate surface area is 186 Å². The lowest BCUT2D eigenvalue weighted by Gasteiger charge is -2.29. The highest BCUT2D eigenvalue weighted by Crippen LogP contribution is 2.47. The molecule has 0 saturated heterocycles. The summed E-state index contributed by atoms with van der Waals surface area (Å²) >= 11 is 0. The van der Waals surface area contributed by atoms with Gasteiger partial charge in [0, 0.05) is 29.7 Å². The fourth-order valence-electron chi connectivity index (χ4n) is 4.21. The number of carbonyl (C=O) groups is 3. The molecule has 1 unspecified atom stereocenters. The Hall–Kier alpha value is -3.23. The molecular formula is C24H28O8. The van der Waals surface area contributed by atoms with Crippen LogP contribution in [0.4, 0.5) is 0 Å². The number of phenolic OH excluding ortho intramolecular Hbond substituents is 2. The number of aromatic hydroxyl groups is 2. The number of aliphatic hydroxyl groups is 2. The Morgan fingerprint density at radius 3 is 2.19 bits per heavy atom. The minimum atomic E-state index is -0.609. The minimum absolute atomic E-state index is 0.0568. The number of phenols is 2. The molecule has 0 aliphatic heterocycles. The number of ether oxygens (including phenoxy) is 1. The number of aliphatic hydroxyl groups excluding tert-OH is 2. The third-order valence-electron chi connectivity index (χ3n) is 5.64. The van der Waals surface area contributed by atoms with Crippen molar-refractivity contribution in [1.29, 1.82) is 0 Å². The van der Waals surface area contributed by atoms with Crippen LogP contribution in [0.1, 0.15) is 63.2 Å². The molecule has 1 atom stereocenters. The fourth-order valence-corrected chi connectivity index (χ4v) is 4.21. The summed E-state index contributed by atoms with van der Waals surface area (Å²) in [5, 5.41) is 37.7. The third-order valence-corrected chi connectivity index (χ3v) is 5.64. The lowest BCUT2D eigenvalue weighted by molar-refractivity contribution is -0.125. The number of Topliss-reactive ketones (excluding diaryl/α,β-unsaturated/α-hetero) is 1. The first-order chi connectivity index (χ1) is 15.4. The zero-order valence-electron chi connectivity index (χ0n) is 18.6. The molecule has 0 amide bonds. The van der Waals surface area contributed by atoms with Gasteiger partial charge < -0.3 is 25.2 Å². The second-order valence-corrected chi connectivity index (χ2v) is 7.01. The van der Waals surface area contributed by atoms with Crippen LogP contribution in [0.25, 0.3) is 0 Å². The quantitative estimate of drug-likeness (QED) is 0.451. The van der Waals surface area contributed by atoms with Gasteiger partial charge in [0.2, 0.25) is 5.78 Å². The highest BCUT2D eigenvalue weighted by atomic mass is 16.5. The number of ketones is 3. The molecule has 4 N–H and O–H groups in total. The third kappa shape index (κ3) is 3.87. The Balaban J connectivity index is 0.000000860. The molecule has 8 nitrogen and oxygen atoms in total. The van der Waals surface area contributed by atoms with E-state index in [1.165, 1.54) is 13.2 Å². The predicted molar refractivity (Wildman–Crippen MR) is 117 cm³/mol. The van der Waals surface area contributed by atoms with E-state index in [1.807, 2.05) is 13.8 Å². The molecule has 2 aromatic rings. The van der Waals surface area contributed by atoms with Crippen molar-refractivity contribution < 1.29 is 39.5 Å². The summed E-state index contributed by atoms with van der Waals surface area (Å²) < 4.78 is 5.20. The summed E-state index contributed by atoms with van der Waals surface area (Å²) in [7, 11) is 2.38. The van der Waals surface area contributed by atoms with Crippen LogP contribution in [0, 0.1) is 5.92 Å². The molecule has 2 aliphatic rings. The Morgan fingerprint density at radius 1 is 1.00 bits per heavy atom. The van der Waals surface area contributed by atoms with Crippen LogP contribution in [0.15, 0.2) is 18.2 Å². The van der Waals surface area contributed by atoms with Crippen molar-refractivity contribution in [1.82, 2.24) is 0 Å². The maximum atomic E-state index is 13.1. The molecule has 2 aliphatic carbocycles. The molecule has 0 saturated carbocycles. The summed E-state index contributed by atoms with van der Waals surface area (Å²) in [6, 6.07) is 4.59. The number of hydrogen-bond donors (Lipinski definition) is 4. The molecule has 0 bridgehead atoms. The molecule has 2 aromatic carbocycles. The van der Waals surface area contributed by atoms with E-state index in [4.69, 9.17) is 14.9 Å². The first-order valence-corrected chi connectivity index (χ1v) is 10.3. The van der Waals surface area contributed by atoms with E-state index >= 15 is 0 Å². The van der Waals surface area contributed by atoms with E-state index in [9.17, 15) is 24.6 Å². The summed E-state index contributed by atoms with van der Waals surface area (Å²) in [5.41, 5.74) is 0.301. The van der Waals surface area contributed by atoms with Crippen LogP contribution >= 0.6 is 0 Å². The first kappa shape index (κ1) is 25.0. The fraction of sp³-hybridized carbons (Fsp3) is 0.375. The molecule has 0 spiro atoms. The SMILES string of the molecule is CC.CO.COc1cccc2c1C(=O)c1c(O)c3c(c(O)c1C2=O)CC(C(=O)CO)CC3. The molecule has 0 aromatic heterocycles. The van der Waals surface area contributed by atoms with Gasteiger partial charge in [-0.2, -0.15) is 0 Å². The molecule has 0 heterocycles. The highest BCUT2D eigenvalue weighted by molar-refractivity contribution is 6.31. The average molecular weight is 444 g/mol. The van der Waals surface area contributed by atoms with Gasteiger partial charge in [-0.25, -0.2) is 0 Å². The van der Waals surface area contributed by atoms with Crippen molar-refractivity contribution in [3.8, 4) is 17.2 Å². The minimum Gasteiger partial charge on any atom is -0.507 e. The topological polar surface area (TPSA) is 141 Å². The molecular weight excluding hydrogens is 416 g/mol. The summed E-state index contributed by atoms with van der Waals surface area (Å²) in [6.07, 6.45) is 0.715. The van der Waals surface area contributed by atoms with Gasteiger partial charge in [-0.15, -0.1) is 0 Å². The van der Waals surface area contributed by atoms with Gasteiger partial charge in [0.15, 0.2) is 11.6 Å². The predicted octanol–water partition coefficient (Wildman–Crippen LogP) is 2.18. The van der Waals surface area contributed by atoms with Crippen molar-refractivity contribution in [3.05, 3.63) is 51.6 Å². The second kappa shape index (κ2) is 10.4. The van der Waals surface area contributed by atoms with Crippen molar-refractivity contribution >= 4 is 17.3 Å². The van der Waals surface area contributed by atoms with Crippen LogP contribution in [-0.4, -0.2) is 58.6 Å². The van der Waals surface area contributed by atoms with Crippen molar-refractivity contribution in [2.24, 2.45) is 5.92 Å². The van der Waals surface area contributed by atoms with Crippen LogP contribution in [0.3, 0.4) is 0 Å². The number of carbonyl (C=O) groups excluding carboxylic acids is 3. The number of methoxy groups -OCH3 is 1. The van der Waals surface area contributed by atoms with Gasteiger partial charge in [0.25, 0.3) is 0 Å². The molecule has 0 radical (unpaired) electrons. The molecule has 172 valence electrons. The van der Waals surface area contributed by atoms with Gasteiger partial charge in [-0.1, -0.05) is 26.0 Å². The van der Waals surface area contributed by atoms with Crippen LogP contribution in [0.5, 0.6) is 17.2 Å². The van der Waals surface area contributed by atoms with Crippen LogP contribution in [-0.2, 0) is 17.6 Å². The summed E-state index contributed by atoms with van der Waals surface area (Å²) in [6.45, 7) is 3.39. The monoisotopic (exact) mass is 444 g/mol. The average Bonchev–Trinajstić information content (AvgIpc) is 2.85. The maximum Gasteiger partial charge on any atom is 0.202 e. The van der Waals surface area contributed by atoms with E-state index in [-0.39, 0.29) is 63.7 Å². The van der Waals surface area contributed by atoms with Crippen molar-refractivity contribution in [2.45, 2.75) is 33.1 Å². The molecule has 0 fully saturated rings. The van der Waals surface area contributed by atoms with E-state index in [0.717, 1.165) is 7.11 Å². The van der Waals surface area contributed by atoms with E-state index < -0.39 is 24.1 Å². The Kier molecular flexibility index (Phi) is 8.13. The first-order valence-electron chi connectivity index (χ1n) is 10.3. The summed E-state index contributed by atoms with van der Waals surface area (Å²) in [4.78, 5) is 38.1. The van der Waals surface area contributed by atoms with Gasteiger partial charge in [-0.3, -0.25) is 14.4 Å². The second-order valence-electron chi connectivity index (χ2n) is 7.01. The zero-order valence-corrected chi connectivity index (χ0v) is 18.6. The lowest BCUT2D eigenvalue weighted by atomic mass is 9.75. The van der Waals surface area contributed by atoms with Crippen LogP contribution < -0.4 is 4.74 Å². The van der Waals surface area contributed by atoms with Crippen molar-refractivity contribution in [3.63, 3.8) is 0 Å². The van der Waals surface area contributed by atoms with Crippen LogP contribution in [0.2, 0.25) is 0 Å². The number of hydrogen-bond acceptors (Lipinski definition) is 8. The van der Waals surface area contributed by atoms with Gasteiger partial charge >= 0.3 is 0 Å². The van der Waals surface area contributed by atoms with Gasteiger partial charge in [0.05, 0.1) is 23.8 Å². The Bertz CT molecular complexity index is 1050. The van der Waals surface area contributed by atoms with E-state index in [1.54, 1.807) is 12.1 Å². The standard InChI is InChI=1S/C21H18O7.C2H6.CH4O/c1-28-14-4-2-3-11-15(14)21(27)17-16(19(11)25)20(26)12-7-9(13(23)8-22)5-6-10(12)18(17)24;2*1-2/h2-4,9,22,24,26H,5-8H2,1H3;1-2H3;2H,1H3. The Morgan fingerprint density at radius 2 is 1.59 bits per heavy atom. The number of fused-ring (bicyclic) bond motifs is 3. The zero-order chi connectivity index (χ0) is 24.2. The van der Waals surface area contributed by atoms with E-state index in [2.05, 4.69) is 0 Å². The molecule has 32 heavy (non-hydrogen) atoms.